The number of esters is 1. The van der Waals surface area contributed by atoms with Gasteiger partial charge in [-0.1, -0.05) is 102 Å². The number of rotatable bonds is 18. The van der Waals surface area contributed by atoms with Gasteiger partial charge in [0.25, 0.3) is 0 Å². The van der Waals surface area contributed by atoms with Crippen molar-refractivity contribution >= 4 is 11.7 Å². The Bertz CT molecular complexity index is 485. The van der Waals surface area contributed by atoms with E-state index in [1.165, 1.54) is 77.0 Å². The van der Waals surface area contributed by atoms with E-state index in [2.05, 4.69) is 12.1 Å². The minimum atomic E-state index is -1.31. The van der Waals surface area contributed by atoms with Crippen LogP contribution in [-0.4, -0.2) is 58.6 Å². The minimum Gasteiger partial charge on any atom is -0.463 e. The van der Waals surface area contributed by atoms with Crippen molar-refractivity contribution in [3.05, 3.63) is 0 Å². The number of aliphatic hydroxyl groups excluding tert-OH is 2. The van der Waals surface area contributed by atoms with E-state index in [0.29, 0.717) is 6.42 Å². The Balaban J connectivity index is 1.88. The normalized spacial score (nSPS) is 22.7. The zero-order valence-corrected chi connectivity index (χ0v) is 19.5. The number of unbranched alkanes of at least 4 members (excludes halogenated alkanes) is 14. The maximum Gasteiger partial charge on any atom is 0.305 e. The molecule has 1 rings (SSSR count). The smallest absolute Gasteiger partial charge is 0.305 e. The molecule has 3 atom stereocenters. The molecule has 0 bridgehead atoms. The van der Waals surface area contributed by atoms with Crippen molar-refractivity contribution in [2.75, 3.05) is 13.2 Å². The van der Waals surface area contributed by atoms with Crippen molar-refractivity contribution in [3.8, 4) is 0 Å². The predicted octanol–water partition coefficient (Wildman–Crippen LogP) is 4.74. The molecule has 1 fully saturated rings. The van der Waals surface area contributed by atoms with Crippen LogP contribution in [0.5, 0.6) is 0 Å². The van der Waals surface area contributed by atoms with Gasteiger partial charge in [-0.25, -0.2) is 0 Å². The van der Waals surface area contributed by atoms with Crippen LogP contribution in [0.25, 0.3) is 0 Å². The minimum absolute atomic E-state index is 0.0344. The molecule has 0 saturated carbocycles. The van der Waals surface area contributed by atoms with E-state index in [1.54, 1.807) is 0 Å². The van der Waals surface area contributed by atoms with Gasteiger partial charge in [-0.15, -0.1) is 0 Å². The third kappa shape index (κ3) is 13.1. The van der Waals surface area contributed by atoms with E-state index in [1.807, 2.05) is 0 Å². The number of hydrogen-bond donors (Lipinski definition) is 3. The fourth-order valence-corrected chi connectivity index (χ4v) is 3.90. The summed E-state index contributed by atoms with van der Waals surface area (Å²) in [6.07, 6.45) is 16.1. The first kappa shape index (κ1) is 27.9. The molecule has 3 N–H and O–H groups in total. The first-order chi connectivity index (χ1) is 15.1. The molecule has 1 aliphatic rings. The number of hydrogen-bond acceptors (Lipinski definition) is 7. The summed E-state index contributed by atoms with van der Waals surface area (Å²) in [6.45, 7) is 2.04. The molecule has 1 aliphatic heterocycles. The Morgan fingerprint density at radius 1 is 0.903 bits per heavy atom. The molecule has 1 heterocycles. The fraction of sp³-hybridized carbons (Fsp3) is 0.917. The Morgan fingerprint density at radius 2 is 1.39 bits per heavy atom. The molecule has 0 aromatic carbocycles. The van der Waals surface area contributed by atoms with Crippen LogP contribution in [0.4, 0.5) is 0 Å². The Kier molecular flexibility index (Phi) is 16.5. The standard InChI is InChI=1S/C24H45NO6/c1-2-3-4-5-6-7-8-9-10-11-12-13-14-15-16-17-22(26)31-19-21-24(28)23(27)20(25-29)18-30-21/h21,23-24,27-29H,2-19H2,1H3/t21-,23-,24-/m1/s1. The zero-order chi connectivity index (χ0) is 22.7. The zero-order valence-electron chi connectivity index (χ0n) is 19.5. The number of carbonyl (C=O) groups is 1. The lowest BCUT2D eigenvalue weighted by atomic mass is 10.0. The predicted molar refractivity (Wildman–Crippen MR) is 121 cm³/mol. The van der Waals surface area contributed by atoms with Crippen molar-refractivity contribution < 1.29 is 29.7 Å². The van der Waals surface area contributed by atoms with E-state index in [0.717, 1.165) is 19.3 Å². The Hall–Kier alpha value is -1.18. The first-order valence-electron chi connectivity index (χ1n) is 12.4. The number of ether oxygens (including phenoxy) is 2. The molecule has 0 aromatic heterocycles. The van der Waals surface area contributed by atoms with Crippen molar-refractivity contribution in [1.29, 1.82) is 0 Å². The second kappa shape index (κ2) is 18.4. The van der Waals surface area contributed by atoms with Gasteiger partial charge >= 0.3 is 5.97 Å². The van der Waals surface area contributed by atoms with Gasteiger partial charge in [0, 0.05) is 6.42 Å². The van der Waals surface area contributed by atoms with Crippen molar-refractivity contribution in [2.24, 2.45) is 5.16 Å². The summed E-state index contributed by atoms with van der Waals surface area (Å²) in [5.41, 5.74) is -0.0344. The van der Waals surface area contributed by atoms with Gasteiger partial charge in [0.15, 0.2) is 0 Å². The maximum absolute atomic E-state index is 11.8. The quantitative estimate of drug-likeness (QED) is 0.122. The second-order valence-corrected chi connectivity index (χ2v) is 8.76. The van der Waals surface area contributed by atoms with Gasteiger partial charge in [-0.05, 0) is 6.42 Å². The van der Waals surface area contributed by atoms with E-state index in [-0.39, 0.29) is 24.9 Å². The Labute approximate surface area is 188 Å². The van der Waals surface area contributed by atoms with Gasteiger partial charge in [-0.2, -0.15) is 0 Å². The third-order valence-electron chi connectivity index (χ3n) is 6.01. The molecule has 0 aliphatic carbocycles. The van der Waals surface area contributed by atoms with Gasteiger partial charge in [0.05, 0.1) is 6.61 Å². The molecule has 0 radical (unpaired) electrons. The molecule has 182 valence electrons. The van der Waals surface area contributed by atoms with Crippen LogP contribution in [0.3, 0.4) is 0 Å². The van der Waals surface area contributed by atoms with Gasteiger partial charge in [0.1, 0.15) is 30.6 Å². The van der Waals surface area contributed by atoms with Crippen LogP contribution >= 0.6 is 0 Å². The van der Waals surface area contributed by atoms with E-state index in [9.17, 15) is 15.0 Å². The van der Waals surface area contributed by atoms with Crippen molar-refractivity contribution in [3.63, 3.8) is 0 Å². The van der Waals surface area contributed by atoms with Crippen LogP contribution in [0, 0.1) is 0 Å². The van der Waals surface area contributed by atoms with Crippen LogP contribution in [0.15, 0.2) is 5.16 Å². The molecule has 1 saturated heterocycles. The molecule has 0 aromatic rings. The summed E-state index contributed by atoms with van der Waals surface area (Å²) >= 11 is 0. The number of oxime groups is 1. The maximum atomic E-state index is 11.8. The first-order valence-corrected chi connectivity index (χ1v) is 12.4. The summed E-state index contributed by atoms with van der Waals surface area (Å²) in [5.74, 6) is -0.318. The van der Waals surface area contributed by atoms with Gasteiger partial charge in [0.2, 0.25) is 0 Å². The average Bonchev–Trinajstić information content (AvgIpc) is 2.77. The lowest BCUT2D eigenvalue weighted by Crippen LogP contribution is -2.52. The molecular weight excluding hydrogens is 398 g/mol. The van der Waals surface area contributed by atoms with Crippen LogP contribution in [0.1, 0.15) is 110 Å². The highest BCUT2D eigenvalue weighted by molar-refractivity contribution is 5.90. The largest absolute Gasteiger partial charge is 0.463 e. The summed E-state index contributed by atoms with van der Waals surface area (Å²) in [5, 5.41) is 31.3. The number of nitrogens with zero attached hydrogens (tertiary/aromatic N) is 1. The van der Waals surface area contributed by atoms with Crippen LogP contribution in [-0.2, 0) is 14.3 Å². The highest BCUT2D eigenvalue weighted by Crippen LogP contribution is 2.16. The van der Waals surface area contributed by atoms with Gasteiger partial charge < -0.3 is 24.9 Å². The van der Waals surface area contributed by atoms with Gasteiger partial charge in [-0.3, -0.25) is 4.79 Å². The number of aliphatic hydroxyl groups is 2. The Morgan fingerprint density at radius 3 is 1.87 bits per heavy atom. The molecular formula is C24H45NO6. The van der Waals surface area contributed by atoms with E-state index < -0.39 is 18.3 Å². The van der Waals surface area contributed by atoms with E-state index >= 15 is 0 Å². The fourth-order valence-electron chi connectivity index (χ4n) is 3.90. The molecule has 0 amide bonds. The SMILES string of the molecule is CCCCCCCCCCCCCCCCCC(=O)OC[C@H]1OCC(=NO)[C@@H](O)[C@@H]1O. The highest BCUT2D eigenvalue weighted by atomic mass is 16.6. The molecule has 7 heteroatoms. The van der Waals surface area contributed by atoms with Crippen molar-refractivity contribution in [1.82, 2.24) is 0 Å². The summed E-state index contributed by atoms with van der Waals surface area (Å²) < 4.78 is 10.4. The summed E-state index contributed by atoms with van der Waals surface area (Å²) in [7, 11) is 0. The monoisotopic (exact) mass is 443 g/mol. The van der Waals surface area contributed by atoms with Crippen LogP contribution in [0.2, 0.25) is 0 Å². The van der Waals surface area contributed by atoms with E-state index in [4.69, 9.17) is 14.7 Å². The second-order valence-electron chi connectivity index (χ2n) is 8.76. The topological polar surface area (TPSA) is 109 Å². The average molecular weight is 444 g/mol. The molecule has 7 nitrogen and oxygen atoms in total. The molecule has 0 unspecified atom stereocenters. The number of carbonyl (C=O) groups excluding carboxylic acids is 1. The van der Waals surface area contributed by atoms with Crippen LogP contribution < -0.4 is 0 Å². The third-order valence-corrected chi connectivity index (χ3v) is 6.01. The van der Waals surface area contributed by atoms with Crippen molar-refractivity contribution in [2.45, 2.75) is 128 Å². The summed E-state index contributed by atoms with van der Waals surface area (Å²) in [6, 6.07) is 0. The lowest BCUT2D eigenvalue weighted by Gasteiger charge is -2.31. The molecule has 31 heavy (non-hydrogen) atoms. The summed E-state index contributed by atoms with van der Waals surface area (Å²) in [4.78, 5) is 11.8. The lowest BCUT2D eigenvalue weighted by molar-refractivity contribution is -0.155. The molecule has 0 spiro atoms. The highest BCUT2D eigenvalue weighted by Gasteiger charge is 2.37.